The van der Waals surface area contributed by atoms with Gasteiger partial charge < -0.3 is 4.74 Å². The Bertz CT molecular complexity index is 147. The first-order chi connectivity index (χ1) is 4.20. The van der Waals surface area contributed by atoms with Gasteiger partial charge in [-0.05, 0) is 12.0 Å². The number of carbonyl (C=O) groups excluding carboxylic acids is 1. The number of hydrogen-bond acceptors (Lipinski definition) is 2. The Labute approximate surface area is 54.5 Å². The summed E-state index contributed by atoms with van der Waals surface area (Å²) >= 11 is 0. The summed E-state index contributed by atoms with van der Waals surface area (Å²) in [5, 5.41) is 0. The fourth-order valence-electron chi connectivity index (χ4n) is 0.744. The van der Waals surface area contributed by atoms with E-state index in [4.69, 9.17) is 4.74 Å². The van der Waals surface area contributed by atoms with Gasteiger partial charge >= 0.3 is 5.97 Å². The summed E-state index contributed by atoms with van der Waals surface area (Å²) in [4.78, 5) is 10.4. The van der Waals surface area contributed by atoms with Crippen molar-refractivity contribution in [2.24, 2.45) is 5.92 Å². The second-order valence-electron chi connectivity index (χ2n) is 2.50. The summed E-state index contributed by atoms with van der Waals surface area (Å²) < 4.78 is 4.87. The molecule has 0 aliphatic carbocycles. The van der Waals surface area contributed by atoms with Gasteiger partial charge in [0.1, 0.15) is 6.10 Å². The molecular weight excluding hydrogens is 116 g/mol. The molecule has 1 rings (SSSR count). The van der Waals surface area contributed by atoms with Crippen LogP contribution in [0.4, 0.5) is 0 Å². The van der Waals surface area contributed by atoms with E-state index in [1.54, 1.807) is 6.08 Å². The summed E-state index contributed by atoms with van der Waals surface area (Å²) in [6, 6.07) is 0. The molecule has 2 nitrogen and oxygen atoms in total. The number of cyclic esters (lactones) is 1. The van der Waals surface area contributed by atoms with Crippen LogP contribution in [-0.2, 0) is 9.53 Å². The van der Waals surface area contributed by atoms with Crippen LogP contribution < -0.4 is 0 Å². The monoisotopic (exact) mass is 126 g/mol. The van der Waals surface area contributed by atoms with Crippen LogP contribution in [0, 0.1) is 5.92 Å². The van der Waals surface area contributed by atoms with Crippen molar-refractivity contribution in [3.05, 3.63) is 12.2 Å². The van der Waals surface area contributed by atoms with Crippen LogP contribution in [0.3, 0.4) is 0 Å². The topological polar surface area (TPSA) is 26.3 Å². The predicted molar refractivity (Wildman–Crippen MR) is 33.9 cm³/mol. The Kier molecular flexibility index (Phi) is 1.56. The second-order valence-corrected chi connectivity index (χ2v) is 2.50. The van der Waals surface area contributed by atoms with Gasteiger partial charge in [-0.15, -0.1) is 0 Å². The van der Waals surface area contributed by atoms with Gasteiger partial charge in [-0.25, -0.2) is 4.79 Å². The quantitative estimate of drug-likeness (QED) is 0.492. The highest BCUT2D eigenvalue weighted by atomic mass is 16.5. The Morgan fingerprint density at radius 1 is 1.67 bits per heavy atom. The Hall–Kier alpha value is -0.790. The van der Waals surface area contributed by atoms with Crippen LogP contribution in [0.15, 0.2) is 12.2 Å². The van der Waals surface area contributed by atoms with Crippen molar-refractivity contribution in [1.29, 1.82) is 0 Å². The lowest BCUT2D eigenvalue weighted by Crippen LogP contribution is -2.14. The van der Waals surface area contributed by atoms with Gasteiger partial charge in [0.2, 0.25) is 0 Å². The number of esters is 1. The van der Waals surface area contributed by atoms with E-state index in [-0.39, 0.29) is 12.1 Å². The highest BCUT2D eigenvalue weighted by Crippen LogP contribution is 2.13. The zero-order valence-electron chi connectivity index (χ0n) is 5.63. The van der Waals surface area contributed by atoms with Gasteiger partial charge in [0.25, 0.3) is 0 Å². The zero-order chi connectivity index (χ0) is 6.85. The van der Waals surface area contributed by atoms with Crippen LogP contribution in [0.5, 0.6) is 0 Å². The first kappa shape index (κ1) is 6.33. The lowest BCUT2D eigenvalue weighted by atomic mass is 10.1. The minimum atomic E-state index is -0.214. The van der Waals surface area contributed by atoms with Crippen molar-refractivity contribution in [3.8, 4) is 0 Å². The lowest BCUT2D eigenvalue weighted by molar-refractivity contribution is -0.140. The molecule has 0 aromatic rings. The predicted octanol–water partition coefficient (Wildman–Crippen LogP) is 1.12. The molecule has 50 valence electrons. The van der Waals surface area contributed by atoms with Crippen LogP contribution in [-0.4, -0.2) is 12.1 Å². The molecule has 0 amide bonds. The van der Waals surface area contributed by atoms with Crippen molar-refractivity contribution < 1.29 is 9.53 Å². The van der Waals surface area contributed by atoms with Crippen molar-refractivity contribution in [2.75, 3.05) is 0 Å². The zero-order valence-corrected chi connectivity index (χ0v) is 5.63. The maximum Gasteiger partial charge on any atom is 0.331 e. The van der Waals surface area contributed by atoms with Crippen molar-refractivity contribution >= 4 is 5.97 Å². The third-order valence-corrected chi connectivity index (χ3v) is 1.33. The van der Waals surface area contributed by atoms with Crippen molar-refractivity contribution in [3.63, 3.8) is 0 Å². The van der Waals surface area contributed by atoms with E-state index in [9.17, 15) is 4.79 Å². The SMILES string of the molecule is CC(C)[C@@H]1C=CC(=O)O1. The number of carbonyl (C=O) groups is 1. The molecular formula is C7H10O2. The molecule has 0 N–H and O–H groups in total. The summed E-state index contributed by atoms with van der Waals surface area (Å²) in [7, 11) is 0. The smallest absolute Gasteiger partial charge is 0.331 e. The third kappa shape index (κ3) is 1.31. The van der Waals surface area contributed by atoms with E-state index in [2.05, 4.69) is 0 Å². The normalized spacial score (nSPS) is 25.2. The molecule has 0 radical (unpaired) electrons. The van der Waals surface area contributed by atoms with Gasteiger partial charge in [-0.2, -0.15) is 0 Å². The fraction of sp³-hybridized carbons (Fsp3) is 0.571. The Morgan fingerprint density at radius 3 is 2.56 bits per heavy atom. The molecule has 0 unspecified atom stereocenters. The summed E-state index contributed by atoms with van der Waals surface area (Å²) in [6.07, 6.45) is 3.29. The minimum Gasteiger partial charge on any atom is -0.455 e. The highest BCUT2D eigenvalue weighted by Gasteiger charge is 2.18. The van der Waals surface area contributed by atoms with Crippen molar-refractivity contribution in [1.82, 2.24) is 0 Å². The molecule has 0 spiro atoms. The molecule has 0 bridgehead atoms. The number of rotatable bonds is 1. The highest BCUT2D eigenvalue weighted by molar-refractivity contribution is 5.84. The molecule has 2 heteroatoms. The summed E-state index contributed by atoms with van der Waals surface area (Å²) in [5.74, 6) is 0.182. The second kappa shape index (κ2) is 2.21. The van der Waals surface area contributed by atoms with Crippen LogP contribution in [0.2, 0.25) is 0 Å². The van der Waals surface area contributed by atoms with Crippen LogP contribution in [0.1, 0.15) is 13.8 Å². The third-order valence-electron chi connectivity index (χ3n) is 1.33. The summed E-state index contributed by atoms with van der Waals surface area (Å²) in [5.41, 5.74) is 0. The Morgan fingerprint density at radius 2 is 2.33 bits per heavy atom. The minimum absolute atomic E-state index is 0.0116. The van der Waals surface area contributed by atoms with E-state index in [1.165, 1.54) is 6.08 Å². The largest absolute Gasteiger partial charge is 0.455 e. The van der Waals surface area contributed by atoms with Crippen molar-refractivity contribution in [2.45, 2.75) is 20.0 Å². The standard InChI is InChI=1S/C7H10O2/c1-5(2)6-3-4-7(8)9-6/h3-6H,1-2H3/t6-/m0/s1. The molecule has 1 heterocycles. The molecule has 0 fully saturated rings. The van der Waals surface area contributed by atoms with E-state index < -0.39 is 0 Å². The first-order valence-corrected chi connectivity index (χ1v) is 3.09. The van der Waals surface area contributed by atoms with E-state index in [0.29, 0.717) is 5.92 Å². The van der Waals surface area contributed by atoms with Gasteiger partial charge in [0.15, 0.2) is 0 Å². The van der Waals surface area contributed by atoms with E-state index in [1.807, 2.05) is 13.8 Å². The fourth-order valence-corrected chi connectivity index (χ4v) is 0.744. The molecule has 1 atom stereocenters. The molecule has 0 aromatic carbocycles. The van der Waals surface area contributed by atoms with Crippen LogP contribution in [0.25, 0.3) is 0 Å². The van der Waals surface area contributed by atoms with Gasteiger partial charge in [-0.1, -0.05) is 13.8 Å². The maximum absolute atomic E-state index is 10.4. The molecule has 9 heavy (non-hydrogen) atoms. The summed E-state index contributed by atoms with van der Waals surface area (Å²) in [6.45, 7) is 4.04. The first-order valence-electron chi connectivity index (χ1n) is 3.09. The molecule has 0 saturated heterocycles. The number of hydrogen-bond donors (Lipinski definition) is 0. The number of ether oxygens (including phenoxy) is 1. The average Bonchev–Trinajstić information content (AvgIpc) is 2.14. The lowest BCUT2D eigenvalue weighted by Gasteiger charge is -2.10. The molecule has 0 saturated carbocycles. The average molecular weight is 126 g/mol. The van der Waals surface area contributed by atoms with Gasteiger partial charge in [-0.3, -0.25) is 0 Å². The van der Waals surface area contributed by atoms with E-state index in [0.717, 1.165) is 0 Å². The van der Waals surface area contributed by atoms with Crippen LogP contribution >= 0.6 is 0 Å². The van der Waals surface area contributed by atoms with Gasteiger partial charge in [0.05, 0.1) is 0 Å². The maximum atomic E-state index is 10.4. The van der Waals surface area contributed by atoms with E-state index >= 15 is 0 Å². The Balaban J connectivity index is 2.50. The molecule has 0 aromatic heterocycles. The van der Waals surface area contributed by atoms with Gasteiger partial charge in [0, 0.05) is 6.08 Å². The molecule has 1 aliphatic heterocycles. The molecule has 1 aliphatic rings.